The topological polar surface area (TPSA) is 84.5 Å². The second kappa shape index (κ2) is 9.21. The predicted octanol–water partition coefficient (Wildman–Crippen LogP) is 4.12. The van der Waals surface area contributed by atoms with Gasteiger partial charge in [0, 0.05) is 18.5 Å². The van der Waals surface area contributed by atoms with E-state index in [4.69, 9.17) is 4.74 Å². The third-order valence-corrected chi connectivity index (χ3v) is 6.36. The monoisotopic (exact) mass is 402 g/mol. The highest BCUT2D eigenvalue weighted by molar-refractivity contribution is 7.92. The maximum Gasteiger partial charge on any atom is 0.261 e. The third kappa shape index (κ3) is 5.33. The molecule has 0 atom stereocenters. The van der Waals surface area contributed by atoms with E-state index in [2.05, 4.69) is 10.0 Å². The van der Waals surface area contributed by atoms with Gasteiger partial charge in [0.15, 0.2) is 0 Å². The number of ether oxygens (including phenoxy) is 1. The molecule has 6 nitrogen and oxygen atoms in total. The Labute approximate surface area is 166 Å². The fourth-order valence-electron chi connectivity index (χ4n) is 3.52. The van der Waals surface area contributed by atoms with Crippen molar-refractivity contribution in [3.05, 3.63) is 54.1 Å². The number of anilines is 2. The molecule has 1 aliphatic rings. The van der Waals surface area contributed by atoms with Crippen LogP contribution in [0.25, 0.3) is 0 Å². The number of methoxy groups -OCH3 is 1. The van der Waals surface area contributed by atoms with E-state index in [1.165, 1.54) is 44.8 Å². The highest BCUT2D eigenvalue weighted by atomic mass is 32.2. The first kappa shape index (κ1) is 20.4. The van der Waals surface area contributed by atoms with Crippen molar-refractivity contribution >= 4 is 27.3 Å². The number of benzene rings is 2. The number of carbonyl (C=O) groups is 1. The minimum Gasteiger partial charge on any atom is -0.375 e. The molecule has 3 rings (SSSR count). The number of nitrogens with one attached hydrogen (secondary N) is 2. The highest BCUT2D eigenvalue weighted by Crippen LogP contribution is 2.33. The molecule has 0 heterocycles. The second-order valence-corrected chi connectivity index (χ2v) is 8.75. The highest BCUT2D eigenvalue weighted by Gasteiger charge is 2.18. The zero-order chi connectivity index (χ0) is 20.0. The Morgan fingerprint density at radius 2 is 1.57 bits per heavy atom. The van der Waals surface area contributed by atoms with Gasteiger partial charge in [0.2, 0.25) is 5.91 Å². The summed E-state index contributed by atoms with van der Waals surface area (Å²) in [5.74, 6) is 0.271. The summed E-state index contributed by atoms with van der Waals surface area (Å²) in [6.07, 6.45) is 6.14. The number of sulfonamides is 1. The van der Waals surface area contributed by atoms with Crippen molar-refractivity contribution in [2.24, 2.45) is 0 Å². The van der Waals surface area contributed by atoms with E-state index in [0.29, 0.717) is 17.3 Å². The number of hydrogen-bond acceptors (Lipinski definition) is 4. The van der Waals surface area contributed by atoms with E-state index < -0.39 is 10.0 Å². The lowest BCUT2D eigenvalue weighted by Crippen LogP contribution is -2.17. The molecule has 7 heteroatoms. The quantitative estimate of drug-likeness (QED) is 0.730. The normalized spacial score (nSPS) is 15.2. The van der Waals surface area contributed by atoms with Crippen LogP contribution in [0.5, 0.6) is 0 Å². The second-order valence-electron chi connectivity index (χ2n) is 7.07. The molecule has 1 amide bonds. The molecule has 2 N–H and O–H groups in total. The van der Waals surface area contributed by atoms with Crippen LogP contribution in [0.3, 0.4) is 0 Å². The smallest absolute Gasteiger partial charge is 0.261 e. The van der Waals surface area contributed by atoms with Gasteiger partial charge >= 0.3 is 0 Å². The molecular formula is C21H26N2O4S. The van der Waals surface area contributed by atoms with E-state index in [9.17, 15) is 13.2 Å². The molecule has 1 saturated carbocycles. The van der Waals surface area contributed by atoms with Gasteiger partial charge < -0.3 is 10.1 Å². The third-order valence-electron chi connectivity index (χ3n) is 4.96. The molecule has 0 aromatic heterocycles. The fourth-order valence-corrected chi connectivity index (χ4v) is 4.58. The summed E-state index contributed by atoms with van der Waals surface area (Å²) in [4.78, 5) is 11.7. The zero-order valence-electron chi connectivity index (χ0n) is 16.0. The lowest BCUT2D eigenvalue weighted by atomic mass is 9.84. The Morgan fingerprint density at radius 3 is 2.18 bits per heavy atom. The summed E-state index contributed by atoms with van der Waals surface area (Å²) in [5.41, 5.74) is 2.22. The summed E-state index contributed by atoms with van der Waals surface area (Å²) in [6, 6.07) is 13.7. The van der Waals surface area contributed by atoms with Crippen LogP contribution in [-0.2, 0) is 19.6 Å². The van der Waals surface area contributed by atoms with E-state index >= 15 is 0 Å². The van der Waals surface area contributed by atoms with Gasteiger partial charge in [-0.15, -0.1) is 0 Å². The van der Waals surface area contributed by atoms with Crippen molar-refractivity contribution in [2.45, 2.75) is 42.9 Å². The van der Waals surface area contributed by atoms with Crippen LogP contribution in [0.2, 0.25) is 0 Å². The maximum absolute atomic E-state index is 12.6. The molecule has 2 aromatic carbocycles. The minimum atomic E-state index is -3.66. The first-order chi connectivity index (χ1) is 13.5. The summed E-state index contributed by atoms with van der Waals surface area (Å²) in [6.45, 7) is -0.0365. The van der Waals surface area contributed by atoms with Crippen LogP contribution in [0, 0.1) is 0 Å². The molecule has 0 bridgehead atoms. The van der Waals surface area contributed by atoms with Gasteiger partial charge in [0.1, 0.15) is 6.61 Å². The molecule has 150 valence electrons. The molecule has 2 aromatic rings. The van der Waals surface area contributed by atoms with Crippen molar-refractivity contribution < 1.29 is 17.9 Å². The number of rotatable bonds is 7. The SMILES string of the molecule is COCC(=O)Nc1ccc(NS(=O)(=O)c2ccc(C3CCCCC3)cc2)cc1. The van der Waals surface area contributed by atoms with Crippen LogP contribution < -0.4 is 10.0 Å². The molecule has 0 spiro atoms. The van der Waals surface area contributed by atoms with E-state index in [-0.39, 0.29) is 17.4 Å². The van der Waals surface area contributed by atoms with Gasteiger partial charge in [-0.2, -0.15) is 0 Å². The van der Waals surface area contributed by atoms with Crippen LogP contribution in [-0.4, -0.2) is 28.0 Å². The van der Waals surface area contributed by atoms with E-state index in [0.717, 1.165) is 0 Å². The van der Waals surface area contributed by atoms with Crippen LogP contribution in [0.4, 0.5) is 11.4 Å². The first-order valence-corrected chi connectivity index (χ1v) is 11.0. The Bertz CT molecular complexity index is 887. The Hall–Kier alpha value is -2.38. The van der Waals surface area contributed by atoms with Crippen molar-refractivity contribution in [3.8, 4) is 0 Å². The summed E-state index contributed by atoms with van der Waals surface area (Å²) < 4.78 is 32.6. The lowest BCUT2D eigenvalue weighted by molar-refractivity contribution is -0.119. The summed E-state index contributed by atoms with van der Waals surface area (Å²) >= 11 is 0. The van der Waals surface area contributed by atoms with Gasteiger partial charge in [-0.1, -0.05) is 31.4 Å². The Balaban J connectivity index is 1.65. The number of amides is 1. The minimum absolute atomic E-state index is 0.0365. The molecule has 28 heavy (non-hydrogen) atoms. The number of carbonyl (C=O) groups excluding carboxylic acids is 1. The average Bonchev–Trinajstić information content (AvgIpc) is 2.70. The zero-order valence-corrected chi connectivity index (χ0v) is 16.8. The molecule has 0 radical (unpaired) electrons. The van der Waals surface area contributed by atoms with Crippen molar-refractivity contribution in [1.29, 1.82) is 0 Å². The van der Waals surface area contributed by atoms with E-state index in [1.807, 2.05) is 12.1 Å². The molecule has 0 unspecified atom stereocenters. The molecule has 0 aliphatic heterocycles. The molecule has 0 saturated heterocycles. The van der Waals surface area contributed by atoms with Crippen LogP contribution in [0.15, 0.2) is 53.4 Å². The van der Waals surface area contributed by atoms with E-state index in [1.54, 1.807) is 36.4 Å². The molecule has 1 fully saturated rings. The van der Waals surface area contributed by atoms with Crippen molar-refractivity contribution in [3.63, 3.8) is 0 Å². The van der Waals surface area contributed by atoms with Gasteiger partial charge in [0.25, 0.3) is 10.0 Å². The molecule has 1 aliphatic carbocycles. The Kier molecular flexibility index (Phi) is 6.70. The number of hydrogen-bond donors (Lipinski definition) is 2. The van der Waals surface area contributed by atoms with Gasteiger partial charge in [-0.05, 0) is 60.7 Å². The van der Waals surface area contributed by atoms with Crippen molar-refractivity contribution in [1.82, 2.24) is 0 Å². The summed E-state index contributed by atoms with van der Waals surface area (Å²) in [7, 11) is -2.22. The largest absolute Gasteiger partial charge is 0.375 e. The first-order valence-electron chi connectivity index (χ1n) is 9.49. The standard InChI is InChI=1S/C21H26N2O4S/c1-27-15-21(24)22-18-9-11-19(12-10-18)23-28(25,26)20-13-7-17(8-14-20)16-5-3-2-4-6-16/h7-14,16,23H,2-6,15H2,1H3,(H,22,24). The maximum atomic E-state index is 12.6. The fraction of sp³-hybridized carbons (Fsp3) is 0.381. The van der Waals surface area contributed by atoms with Crippen molar-refractivity contribution in [2.75, 3.05) is 23.8 Å². The van der Waals surface area contributed by atoms with Crippen LogP contribution >= 0.6 is 0 Å². The van der Waals surface area contributed by atoms with Gasteiger partial charge in [-0.3, -0.25) is 9.52 Å². The van der Waals surface area contributed by atoms with Crippen LogP contribution in [0.1, 0.15) is 43.6 Å². The lowest BCUT2D eigenvalue weighted by Gasteiger charge is -2.22. The summed E-state index contributed by atoms with van der Waals surface area (Å²) in [5, 5.41) is 2.66. The van der Waals surface area contributed by atoms with Gasteiger partial charge in [-0.25, -0.2) is 8.42 Å². The van der Waals surface area contributed by atoms with Gasteiger partial charge in [0.05, 0.1) is 4.90 Å². The average molecular weight is 403 g/mol. The molecular weight excluding hydrogens is 376 g/mol. The predicted molar refractivity (Wildman–Crippen MR) is 110 cm³/mol. The Morgan fingerprint density at radius 1 is 0.964 bits per heavy atom.